The largest absolute Gasteiger partial charge is 0.371 e. The molecule has 1 aromatic carbocycles. The van der Waals surface area contributed by atoms with E-state index in [1.165, 1.54) is 11.3 Å². The number of rotatable bonds is 5. The first-order valence-corrected chi connectivity index (χ1v) is 5.37. The lowest BCUT2D eigenvalue weighted by molar-refractivity contribution is 0.696. The minimum Gasteiger partial charge on any atom is -0.371 e. The van der Waals surface area contributed by atoms with Crippen molar-refractivity contribution in [2.24, 2.45) is 5.73 Å². The zero-order chi connectivity index (χ0) is 11.3. The summed E-state index contributed by atoms with van der Waals surface area (Å²) in [6.07, 6.45) is 2.85. The number of nitrogens with zero attached hydrogens (tertiary/aromatic N) is 1. The Hall–Kier alpha value is -1.28. The van der Waals surface area contributed by atoms with E-state index in [2.05, 4.69) is 37.6 Å². The number of hydrogen-bond donors (Lipinski definition) is 1. The topological polar surface area (TPSA) is 29.3 Å². The van der Waals surface area contributed by atoms with E-state index in [0.29, 0.717) is 0 Å². The van der Waals surface area contributed by atoms with Crippen LogP contribution in [0.25, 0.3) is 0 Å². The number of nitrogens with two attached hydrogens (primary N) is 1. The second-order valence-corrected chi connectivity index (χ2v) is 3.74. The standard InChI is InChI=1S/C13H20N2/c1-4-10-15(3)13-9-7-6-8-11(13)12(14)5-2/h4,6-9,12H,1,5,10,14H2,2-3H3/t12-/m0/s1. The van der Waals surface area contributed by atoms with Crippen LogP contribution in [0.1, 0.15) is 24.9 Å². The molecule has 1 rings (SSSR count). The average molecular weight is 204 g/mol. The Morgan fingerprint density at radius 1 is 1.47 bits per heavy atom. The van der Waals surface area contributed by atoms with E-state index >= 15 is 0 Å². The van der Waals surface area contributed by atoms with Crippen LogP contribution in [-0.4, -0.2) is 13.6 Å². The molecule has 0 spiro atoms. The van der Waals surface area contributed by atoms with Crippen molar-refractivity contribution < 1.29 is 0 Å². The maximum Gasteiger partial charge on any atom is 0.0414 e. The zero-order valence-corrected chi connectivity index (χ0v) is 9.61. The first kappa shape index (κ1) is 11.8. The molecule has 0 saturated heterocycles. The molecule has 0 amide bonds. The minimum atomic E-state index is 0.119. The predicted octanol–water partition coefficient (Wildman–Crippen LogP) is 2.72. The van der Waals surface area contributed by atoms with Crippen molar-refractivity contribution in [3.8, 4) is 0 Å². The highest BCUT2D eigenvalue weighted by Crippen LogP contribution is 2.25. The van der Waals surface area contributed by atoms with Gasteiger partial charge in [-0.3, -0.25) is 0 Å². The summed E-state index contributed by atoms with van der Waals surface area (Å²) < 4.78 is 0. The normalized spacial score (nSPS) is 12.2. The fourth-order valence-electron chi connectivity index (χ4n) is 1.66. The van der Waals surface area contributed by atoms with Crippen LogP contribution in [0.5, 0.6) is 0 Å². The third kappa shape index (κ3) is 2.83. The lowest BCUT2D eigenvalue weighted by atomic mass is 10.0. The van der Waals surface area contributed by atoms with Crippen LogP contribution in [0, 0.1) is 0 Å². The molecular formula is C13H20N2. The molecule has 0 radical (unpaired) electrons. The molecule has 0 heterocycles. The average Bonchev–Trinajstić information content (AvgIpc) is 2.28. The summed E-state index contributed by atoms with van der Waals surface area (Å²) in [6, 6.07) is 8.41. The third-order valence-electron chi connectivity index (χ3n) is 2.59. The van der Waals surface area contributed by atoms with Gasteiger partial charge in [-0.25, -0.2) is 0 Å². The summed E-state index contributed by atoms with van der Waals surface area (Å²) in [5.41, 5.74) is 8.49. The van der Waals surface area contributed by atoms with Crippen molar-refractivity contribution in [3.05, 3.63) is 42.5 Å². The van der Waals surface area contributed by atoms with Gasteiger partial charge in [-0.1, -0.05) is 31.2 Å². The second-order valence-electron chi connectivity index (χ2n) is 3.74. The Morgan fingerprint density at radius 3 is 2.73 bits per heavy atom. The Balaban J connectivity index is 2.99. The Kier molecular flexibility index (Phi) is 4.37. The lowest BCUT2D eigenvalue weighted by Gasteiger charge is -2.23. The van der Waals surface area contributed by atoms with Gasteiger partial charge in [0.25, 0.3) is 0 Å². The maximum atomic E-state index is 6.08. The molecule has 1 atom stereocenters. The highest BCUT2D eigenvalue weighted by Gasteiger charge is 2.10. The van der Waals surface area contributed by atoms with Crippen LogP contribution in [-0.2, 0) is 0 Å². The quantitative estimate of drug-likeness (QED) is 0.747. The molecule has 0 fully saturated rings. The number of benzene rings is 1. The number of hydrogen-bond acceptors (Lipinski definition) is 2. The van der Waals surface area contributed by atoms with E-state index in [4.69, 9.17) is 5.73 Å². The third-order valence-corrected chi connectivity index (χ3v) is 2.59. The molecule has 0 bridgehead atoms. The Morgan fingerprint density at radius 2 is 2.13 bits per heavy atom. The fourth-order valence-corrected chi connectivity index (χ4v) is 1.66. The molecule has 82 valence electrons. The van der Waals surface area contributed by atoms with Crippen LogP contribution < -0.4 is 10.6 Å². The summed E-state index contributed by atoms with van der Waals surface area (Å²) in [4.78, 5) is 2.16. The highest BCUT2D eigenvalue weighted by molar-refractivity contribution is 5.54. The minimum absolute atomic E-state index is 0.119. The summed E-state index contributed by atoms with van der Waals surface area (Å²) >= 11 is 0. The van der Waals surface area contributed by atoms with Crippen LogP contribution in [0.4, 0.5) is 5.69 Å². The van der Waals surface area contributed by atoms with E-state index < -0.39 is 0 Å². The SMILES string of the molecule is C=CCN(C)c1ccccc1[C@@H](N)CC. The maximum absolute atomic E-state index is 6.08. The summed E-state index contributed by atoms with van der Waals surface area (Å²) in [5.74, 6) is 0. The van der Waals surface area contributed by atoms with E-state index in [0.717, 1.165) is 13.0 Å². The second kappa shape index (κ2) is 5.56. The Labute approximate surface area is 92.4 Å². The monoisotopic (exact) mass is 204 g/mol. The molecule has 0 aliphatic rings. The summed E-state index contributed by atoms with van der Waals surface area (Å²) in [7, 11) is 2.06. The van der Waals surface area contributed by atoms with Crippen molar-refractivity contribution in [2.75, 3.05) is 18.5 Å². The molecule has 2 nitrogen and oxygen atoms in total. The van der Waals surface area contributed by atoms with Gasteiger partial charge >= 0.3 is 0 Å². The number of anilines is 1. The molecule has 1 aromatic rings. The van der Waals surface area contributed by atoms with E-state index in [1.807, 2.05) is 18.2 Å². The van der Waals surface area contributed by atoms with Crippen LogP contribution in [0.15, 0.2) is 36.9 Å². The van der Waals surface area contributed by atoms with Gasteiger partial charge in [-0.15, -0.1) is 6.58 Å². The van der Waals surface area contributed by atoms with Gasteiger partial charge in [0.05, 0.1) is 0 Å². The summed E-state index contributed by atoms with van der Waals surface area (Å²) in [6.45, 7) is 6.69. The van der Waals surface area contributed by atoms with Crippen molar-refractivity contribution in [2.45, 2.75) is 19.4 Å². The van der Waals surface area contributed by atoms with Crippen LogP contribution >= 0.6 is 0 Å². The van der Waals surface area contributed by atoms with Gasteiger partial charge in [0, 0.05) is 25.3 Å². The molecular weight excluding hydrogens is 184 g/mol. The predicted molar refractivity (Wildman–Crippen MR) is 67.1 cm³/mol. The van der Waals surface area contributed by atoms with Gasteiger partial charge in [-0.2, -0.15) is 0 Å². The first-order valence-electron chi connectivity index (χ1n) is 5.37. The summed E-state index contributed by atoms with van der Waals surface area (Å²) in [5, 5.41) is 0. The molecule has 2 N–H and O–H groups in total. The van der Waals surface area contributed by atoms with E-state index in [-0.39, 0.29) is 6.04 Å². The van der Waals surface area contributed by atoms with Gasteiger partial charge in [0.2, 0.25) is 0 Å². The first-order chi connectivity index (χ1) is 7.20. The van der Waals surface area contributed by atoms with Crippen LogP contribution in [0.3, 0.4) is 0 Å². The smallest absolute Gasteiger partial charge is 0.0414 e. The molecule has 15 heavy (non-hydrogen) atoms. The van der Waals surface area contributed by atoms with E-state index in [9.17, 15) is 0 Å². The van der Waals surface area contributed by atoms with Gasteiger partial charge in [0.1, 0.15) is 0 Å². The van der Waals surface area contributed by atoms with Crippen LogP contribution in [0.2, 0.25) is 0 Å². The van der Waals surface area contributed by atoms with Gasteiger partial charge in [0.15, 0.2) is 0 Å². The van der Waals surface area contributed by atoms with Crippen molar-refractivity contribution in [1.29, 1.82) is 0 Å². The molecule has 0 saturated carbocycles. The molecule has 0 aliphatic carbocycles. The van der Waals surface area contributed by atoms with Gasteiger partial charge in [-0.05, 0) is 18.1 Å². The molecule has 0 aromatic heterocycles. The van der Waals surface area contributed by atoms with Crippen molar-refractivity contribution in [3.63, 3.8) is 0 Å². The number of likely N-dealkylation sites (N-methyl/N-ethyl adjacent to an activating group) is 1. The molecule has 2 heteroatoms. The Bertz CT molecular complexity index is 320. The lowest BCUT2D eigenvalue weighted by Crippen LogP contribution is -2.21. The van der Waals surface area contributed by atoms with Crippen molar-refractivity contribution >= 4 is 5.69 Å². The van der Waals surface area contributed by atoms with E-state index in [1.54, 1.807) is 0 Å². The number of para-hydroxylation sites is 1. The fraction of sp³-hybridized carbons (Fsp3) is 0.385. The zero-order valence-electron chi connectivity index (χ0n) is 9.61. The van der Waals surface area contributed by atoms with Gasteiger partial charge < -0.3 is 10.6 Å². The molecule has 0 unspecified atom stereocenters. The van der Waals surface area contributed by atoms with Crippen molar-refractivity contribution in [1.82, 2.24) is 0 Å². The highest BCUT2D eigenvalue weighted by atomic mass is 15.1. The molecule has 0 aliphatic heterocycles.